The van der Waals surface area contributed by atoms with E-state index in [4.69, 9.17) is 9.47 Å². The van der Waals surface area contributed by atoms with Crippen molar-refractivity contribution in [2.24, 2.45) is 0 Å². The molecule has 1 aliphatic heterocycles. The molecule has 0 aromatic heterocycles. The van der Waals surface area contributed by atoms with Gasteiger partial charge in [0.15, 0.2) is 17.6 Å². The SMILES string of the molecule is C=CCN1C(=O)C(CC)Oc2c(OCC)cc(C=O)cc21. The third-order valence-electron chi connectivity index (χ3n) is 3.27. The summed E-state index contributed by atoms with van der Waals surface area (Å²) < 4.78 is 11.3. The maximum Gasteiger partial charge on any atom is 0.268 e. The molecule has 1 aromatic rings. The number of hydrogen-bond acceptors (Lipinski definition) is 4. The first-order valence-electron chi connectivity index (χ1n) is 7.01. The quantitative estimate of drug-likeness (QED) is 0.596. The van der Waals surface area contributed by atoms with E-state index in [0.717, 1.165) is 6.29 Å². The van der Waals surface area contributed by atoms with E-state index < -0.39 is 6.10 Å². The predicted molar refractivity (Wildman–Crippen MR) is 80.3 cm³/mol. The summed E-state index contributed by atoms with van der Waals surface area (Å²) in [5.74, 6) is 0.864. The molecule has 5 heteroatoms. The molecule has 1 unspecified atom stereocenters. The molecule has 0 spiro atoms. The Kier molecular flexibility index (Phi) is 4.62. The normalized spacial score (nSPS) is 17.0. The van der Waals surface area contributed by atoms with Crippen molar-refractivity contribution in [2.45, 2.75) is 26.4 Å². The zero-order valence-electron chi connectivity index (χ0n) is 12.3. The van der Waals surface area contributed by atoms with Gasteiger partial charge in [-0.15, -0.1) is 6.58 Å². The van der Waals surface area contributed by atoms with Crippen LogP contribution in [0.3, 0.4) is 0 Å². The number of aldehydes is 1. The monoisotopic (exact) mass is 289 g/mol. The van der Waals surface area contributed by atoms with E-state index in [1.807, 2.05) is 13.8 Å². The lowest BCUT2D eigenvalue weighted by Gasteiger charge is -2.34. The van der Waals surface area contributed by atoms with Crippen LogP contribution in [0.1, 0.15) is 30.6 Å². The molecule has 0 saturated heterocycles. The Morgan fingerprint density at radius 1 is 1.43 bits per heavy atom. The first kappa shape index (κ1) is 15.1. The molecule has 0 bridgehead atoms. The van der Waals surface area contributed by atoms with Gasteiger partial charge in [0.05, 0.1) is 12.3 Å². The fraction of sp³-hybridized carbons (Fsp3) is 0.375. The topological polar surface area (TPSA) is 55.8 Å². The van der Waals surface area contributed by atoms with Crippen molar-refractivity contribution < 1.29 is 19.1 Å². The minimum Gasteiger partial charge on any atom is -0.490 e. The molecule has 2 rings (SSSR count). The highest BCUT2D eigenvalue weighted by Crippen LogP contribution is 2.43. The smallest absolute Gasteiger partial charge is 0.268 e. The zero-order chi connectivity index (χ0) is 15.4. The molecule has 0 aliphatic carbocycles. The van der Waals surface area contributed by atoms with E-state index in [2.05, 4.69) is 6.58 Å². The Labute approximate surface area is 124 Å². The molecule has 0 N–H and O–H groups in total. The Bertz CT molecular complexity index is 568. The predicted octanol–water partition coefficient (Wildman–Crippen LogP) is 2.59. The number of amides is 1. The van der Waals surface area contributed by atoms with Crippen LogP contribution in [-0.2, 0) is 4.79 Å². The number of fused-ring (bicyclic) bond motifs is 1. The molecular weight excluding hydrogens is 270 g/mol. The van der Waals surface area contributed by atoms with Crippen molar-refractivity contribution in [1.82, 2.24) is 0 Å². The third kappa shape index (κ3) is 2.77. The van der Waals surface area contributed by atoms with Crippen LogP contribution < -0.4 is 14.4 Å². The van der Waals surface area contributed by atoms with Gasteiger partial charge in [-0.1, -0.05) is 13.0 Å². The van der Waals surface area contributed by atoms with Crippen LogP contribution in [0.4, 0.5) is 5.69 Å². The lowest BCUT2D eigenvalue weighted by atomic mass is 10.1. The van der Waals surface area contributed by atoms with Crippen LogP contribution in [0.15, 0.2) is 24.8 Å². The Morgan fingerprint density at radius 3 is 2.76 bits per heavy atom. The fourth-order valence-electron chi connectivity index (χ4n) is 2.32. The van der Waals surface area contributed by atoms with Gasteiger partial charge in [0.1, 0.15) is 6.29 Å². The van der Waals surface area contributed by atoms with Crippen LogP contribution in [-0.4, -0.2) is 31.4 Å². The van der Waals surface area contributed by atoms with Gasteiger partial charge in [-0.3, -0.25) is 9.59 Å². The van der Waals surface area contributed by atoms with Crippen LogP contribution in [0.25, 0.3) is 0 Å². The van der Waals surface area contributed by atoms with Crippen molar-refractivity contribution in [2.75, 3.05) is 18.1 Å². The summed E-state index contributed by atoms with van der Waals surface area (Å²) in [4.78, 5) is 25.1. The van der Waals surface area contributed by atoms with Gasteiger partial charge in [-0.05, 0) is 25.5 Å². The number of ether oxygens (including phenoxy) is 2. The molecule has 0 radical (unpaired) electrons. The second kappa shape index (κ2) is 6.43. The molecule has 5 nitrogen and oxygen atoms in total. The van der Waals surface area contributed by atoms with Crippen LogP contribution in [0.5, 0.6) is 11.5 Å². The Hall–Kier alpha value is -2.30. The van der Waals surface area contributed by atoms with E-state index in [-0.39, 0.29) is 5.91 Å². The first-order chi connectivity index (χ1) is 10.2. The van der Waals surface area contributed by atoms with Crippen LogP contribution in [0, 0.1) is 0 Å². The van der Waals surface area contributed by atoms with E-state index >= 15 is 0 Å². The molecule has 1 aromatic carbocycles. The average molecular weight is 289 g/mol. The maximum absolute atomic E-state index is 12.4. The van der Waals surface area contributed by atoms with Gasteiger partial charge in [0, 0.05) is 12.1 Å². The number of anilines is 1. The Morgan fingerprint density at radius 2 is 2.19 bits per heavy atom. The van der Waals surface area contributed by atoms with Crippen molar-refractivity contribution in [3.63, 3.8) is 0 Å². The van der Waals surface area contributed by atoms with Gasteiger partial charge < -0.3 is 14.4 Å². The molecule has 1 heterocycles. The molecule has 1 atom stereocenters. The summed E-state index contributed by atoms with van der Waals surface area (Å²) in [5, 5.41) is 0. The van der Waals surface area contributed by atoms with Crippen molar-refractivity contribution >= 4 is 17.9 Å². The Balaban J connectivity index is 2.59. The minimum atomic E-state index is -0.543. The second-order valence-corrected chi connectivity index (χ2v) is 4.67. The zero-order valence-corrected chi connectivity index (χ0v) is 12.3. The summed E-state index contributed by atoms with van der Waals surface area (Å²) in [6.45, 7) is 8.23. The third-order valence-corrected chi connectivity index (χ3v) is 3.27. The summed E-state index contributed by atoms with van der Waals surface area (Å²) in [6, 6.07) is 3.27. The van der Waals surface area contributed by atoms with E-state index in [9.17, 15) is 9.59 Å². The van der Waals surface area contributed by atoms with Gasteiger partial charge in [-0.25, -0.2) is 0 Å². The number of carbonyl (C=O) groups excluding carboxylic acids is 2. The molecule has 0 fully saturated rings. The van der Waals surface area contributed by atoms with Gasteiger partial charge >= 0.3 is 0 Å². The lowest BCUT2D eigenvalue weighted by molar-refractivity contribution is -0.126. The highest BCUT2D eigenvalue weighted by Gasteiger charge is 2.35. The van der Waals surface area contributed by atoms with E-state index in [0.29, 0.717) is 42.3 Å². The molecule has 1 amide bonds. The highest BCUT2D eigenvalue weighted by atomic mass is 16.5. The molecular formula is C16H19NO4. The number of benzene rings is 1. The largest absolute Gasteiger partial charge is 0.490 e. The summed E-state index contributed by atoms with van der Waals surface area (Å²) in [6.07, 6.45) is 2.39. The summed E-state index contributed by atoms with van der Waals surface area (Å²) in [5.41, 5.74) is 0.996. The van der Waals surface area contributed by atoms with Crippen molar-refractivity contribution in [1.29, 1.82) is 0 Å². The van der Waals surface area contributed by atoms with Crippen molar-refractivity contribution in [3.05, 3.63) is 30.4 Å². The van der Waals surface area contributed by atoms with E-state index in [1.165, 1.54) is 0 Å². The van der Waals surface area contributed by atoms with Gasteiger partial charge in [0.25, 0.3) is 5.91 Å². The number of hydrogen-bond donors (Lipinski definition) is 0. The number of carbonyl (C=O) groups is 2. The molecule has 0 saturated carbocycles. The summed E-state index contributed by atoms with van der Waals surface area (Å²) in [7, 11) is 0. The highest BCUT2D eigenvalue weighted by molar-refractivity contribution is 6.01. The number of rotatable bonds is 6. The van der Waals surface area contributed by atoms with Gasteiger partial charge in [-0.2, -0.15) is 0 Å². The molecule has 112 valence electrons. The number of nitrogens with zero attached hydrogens (tertiary/aromatic N) is 1. The molecule has 1 aliphatic rings. The van der Waals surface area contributed by atoms with Crippen LogP contribution in [0.2, 0.25) is 0 Å². The molecule has 21 heavy (non-hydrogen) atoms. The standard InChI is InChI=1S/C16H19NO4/c1-4-7-17-12-8-11(10-18)9-14(20-6-3)15(12)21-13(5-2)16(17)19/h4,8-10,13H,1,5-7H2,2-3H3. The minimum absolute atomic E-state index is 0.129. The second-order valence-electron chi connectivity index (χ2n) is 4.67. The fourth-order valence-corrected chi connectivity index (χ4v) is 2.32. The summed E-state index contributed by atoms with van der Waals surface area (Å²) >= 11 is 0. The first-order valence-corrected chi connectivity index (χ1v) is 7.01. The average Bonchev–Trinajstić information content (AvgIpc) is 2.50. The van der Waals surface area contributed by atoms with E-state index in [1.54, 1.807) is 23.1 Å². The van der Waals surface area contributed by atoms with Crippen molar-refractivity contribution in [3.8, 4) is 11.5 Å². The van der Waals surface area contributed by atoms with Gasteiger partial charge in [0.2, 0.25) is 0 Å². The van der Waals surface area contributed by atoms with Crippen LogP contribution >= 0.6 is 0 Å². The lowest BCUT2D eigenvalue weighted by Crippen LogP contribution is -2.45. The maximum atomic E-state index is 12.4.